The monoisotopic (exact) mass is 439 g/mol. The van der Waals surface area contributed by atoms with Gasteiger partial charge in [0, 0.05) is 11.4 Å². The Bertz CT molecular complexity index is 1240. The van der Waals surface area contributed by atoms with Crippen molar-refractivity contribution in [3.63, 3.8) is 0 Å². The number of nitrogens with zero attached hydrogens (tertiary/aromatic N) is 4. The van der Waals surface area contributed by atoms with Crippen LogP contribution >= 0.6 is 0 Å². The summed E-state index contributed by atoms with van der Waals surface area (Å²) in [5, 5.41) is 15.8. The van der Waals surface area contributed by atoms with E-state index in [0.29, 0.717) is 11.3 Å². The molecule has 2 heterocycles. The highest BCUT2D eigenvalue weighted by atomic mass is 19.4. The molecule has 162 valence electrons. The third-order valence-electron chi connectivity index (χ3n) is 5.11. The number of anilines is 2. The number of hydrogen-bond donors (Lipinski definition) is 1. The fourth-order valence-corrected chi connectivity index (χ4v) is 3.61. The predicted molar refractivity (Wildman–Crippen MR) is 109 cm³/mol. The summed E-state index contributed by atoms with van der Waals surface area (Å²) in [6.45, 7) is 2.01. The zero-order chi connectivity index (χ0) is 23.0. The number of alkyl halides is 3. The topological polar surface area (TPSA) is 91.0 Å². The summed E-state index contributed by atoms with van der Waals surface area (Å²) in [5.74, 6) is -1.13. The number of nitrogens with one attached hydrogen (secondary N) is 1. The number of hydrogen-bond acceptors (Lipinski definition) is 4. The van der Waals surface area contributed by atoms with Gasteiger partial charge in [-0.05, 0) is 49.4 Å². The number of nitriles is 1. The summed E-state index contributed by atoms with van der Waals surface area (Å²) in [4.78, 5) is 27.4. The van der Waals surface area contributed by atoms with E-state index in [1.165, 1.54) is 34.0 Å². The Morgan fingerprint density at radius 1 is 1.22 bits per heavy atom. The van der Waals surface area contributed by atoms with Gasteiger partial charge in [-0.1, -0.05) is 6.07 Å². The zero-order valence-electron chi connectivity index (χ0n) is 16.7. The lowest BCUT2D eigenvalue weighted by molar-refractivity contribution is -0.137. The van der Waals surface area contributed by atoms with E-state index in [2.05, 4.69) is 10.4 Å². The van der Waals surface area contributed by atoms with Crippen LogP contribution in [0.4, 0.5) is 24.5 Å². The summed E-state index contributed by atoms with van der Waals surface area (Å²) in [6.07, 6.45) is -3.21. The smallest absolute Gasteiger partial charge is 0.322 e. The second kappa shape index (κ2) is 7.85. The summed E-state index contributed by atoms with van der Waals surface area (Å²) in [6, 6.07) is 12.2. The molecule has 32 heavy (non-hydrogen) atoms. The van der Waals surface area contributed by atoms with Crippen LogP contribution in [-0.4, -0.2) is 27.6 Å². The minimum Gasteiger partial charge on any atom is -0.322 e. The summed E-state index contributed by atoms with van der Waals surface area (Å²) in [5.41, 5.74) is 0.278. The van der Waals surface area contributed by atoms with Crippen molar-refractivity contribution in [2.24, 2.45) is 0 Å². The Morgan fingerprint density at radius 3 is 2.59 bits per heavy atom. The number of benzene rings is 2. The second-order valence-electron chi connectivity index (χ2n) is 7.30. The van der Waals surface area contributed by atoms with Crippen molar-refractivity contribution >= 4 is 23.2 Å². The Balaban J connectivity index is 1.64. The molecule has 0 saturated heterocycles. The minimum absolute atomic E-state index is 0.0289. The van der Waals surface area contributed by atoms with E-state index in [1.54, 1.807) is 25.1 Å². The second-order valence-corrected chi connectivity index (χ2v) is 7.30. The van der Waals surface area contributed by atoms with Gasteiger partial charge in [0.1, 0.15) is 5.69 Å². The number of carbonyl (C=O) groups is 2. The molecule has 1 atom stereocenters. The highest BCUT2D eigenvalue weighted by Gasteiger charge is 2.36. The number of halogens is 3. The molecule has 7 nitrogen and oxygen atoms in total. The fourth-order valence-electron chi connectivity index (χ4n) is 3.61. The maximum atomic E-state index is 13.3. The number of rotatable bonds is 3. The lowest BCUT2D eigenvalue weighted by atomic mass is 10.1. The maximum absolute atomic E-state index is 13.3. The normalized spacial score (nSPS) is 15.8. The van der Waals surface area contributed by atoms with Gasteiger partial charge in [0.2, 0.25) is 0 Å². The van der Waals surface area contributed by atoms with Crippen molar-refractivity contribution in [1.29, 1.82) is 5.26 Å². The van der Waals surface area contributed by atoms with Gasteiger partial charge in [0.15, 0.2) is 0 Å². The summed E-state index contributed by atoms with van der Waals surface area (Å²) in [7, 11) is 0. The van der Waals surface area contributed by atoms with Crippen LogP contribution in [0.25, 0.3) is 0 Å². The van der Waals surface area contributed by atoms with Crippen LogP contribution in [0.1, 0.15) is 38.9 Å². The van der Waals surface area contributed by atoms with Crippen molar-refractivity contribution in [2.45, 2.75) is 25.7 Å². The molecule has 0 bridgehead atoms. The van der Waals surface area contributed by atoms with Crippen molar-refractivity contribution in [1.82, 2.24) is 9.78 Å². The molecule has 1 N–H and O–H groups in total. The molecule has 0 unspecified atom stereocenters. The van der Waals surface area contributed by atoms with Gasteiger partial charge in [0.05, 0.1) is 41.5 Å². The van der Waals surface area contributed by atoms with Crippen LogP contribution in [0.2, 0.25) is 0 Å². The van der Waals surface area contributed by atoms with Crippen LogP contribution in [0.5, 0.6) is 0 Å². The number of fused-ring (bicyclic) bond motifs is 1. The Morgan fingerprint density at radius 2 is 1.94 bits per heavy atom. The molecule has 0 aliphatic carbocycles. The predicted octanol–water partition coefficient (Wildman–Crippen LogP) is 4.07. The Hall–Kier alpha value is -4.13. The number of carbonyl (C=O) groups excluding carboxylic acids is 2. The summed E-state index contributed by atoms with van der Waals surface area (Å²) < 4.78 is 40.1. The first-order valence-electron chi connectivity index (χ1n) is 9.57. The molecule has 2 aromatic carbocycles. The van der Waals surface area contributed by atoms with E-state index in [1.807, 2.05) is 6.07 Å². The highest BCUT2D eigenvalue weighted by Crippen LogP contribution is 2.32. The van der Waals surface area contributed by atoms with E-state index in [-0.39, 0.29) is 23.5 Å². The summed E-state index contributed by atoms with van der Waals surface area (Å²) >= 11 is 0. The Kier molecular flexibility index (Phi) is 5.18. The van der Waals surface area contributed by atoms with E-state index in [4.69, 9.17) is 5.26 Å². The van der Waals surface area contributed by atoms with Crippen molar-refractivity contribution in [3.05, 3.63) is 77.1 Å². The van der Waals surface area contributed by atoms with Gasteiger partial charge in [-0.2, -0.15) is 23.5 Å². The van der Waals surface area contributed by atoms with E-state index in [9.17, 15) is 22.8 Å². The lowest BCUT2D eigenvalue weighted by Gasteiger charge is -2.34. The molecule has 1 aliphatic heterocycles. The molecule has 0 radical (unpaired) electrons. The van der Waals surface area contributed by atoms with Gasteiger partial charge >= 0.3 is 6.18 Å². The average molecular weight is 439 g/mol. The number of aromatic nitrogens is 2. The standard InChI is InChI=1S/C22H16F3N5O2/c1-13-12-29-19(21(32)30(13)17-7-5-15(6-8-17)22(23,24)25)18(11-27-29)20(31)28-16-4-2-3-14(9-16)10-26/h2-9,11,13H,12H2,1H3,(H,28,31)/t13-/m0/s1. The van der Waals surface area contributed by atoms with Crippen molar-refractivity contribution < 1.29 is 22.8 Å². The maximum Gasteiger partial charge on any atom is 0.416 e. The minimum atomic E-state index is -4.48. The van der Waals surface area contributed by atoms with Gasteiger partial charge in [-0.15, -0.1) is 0 Å². The number of amides is 2. The molecule has 0 spiro atoms. The molecule has 0 fully saturated rings. The Labute approximate surface area is 180 Å². The third kappa shape index (κ3) is 3.80. The largest absolute Gasteiger partial charge is 0.416 e. The van der Waals surface area contributed by atoms with Crippen molar-refractivity contribution in [2.75, 3.05) is 10.2 Å². The van der Waals surface area contributed by atoms with E-state index >= 15 is 0 Å². The molecular formula is C22H16F3N5O2. The molecule has 10 heteroatoms. The van der Waals surface area contributed by atoms with Crippen LogP contribution in [-0.2, 0) is 12.7 Å². The molecule has 1 aliphatic rings. The van der Waals surface area contributed by atoms with Crippen LogP contribution in [0.3, 0.4) is 0 Å². The van der Waals surface area contributed by atoms with E-state index in [0.717, 1.165) is 12.1 Å². The average Bonchev–Trinajstić information content (AvgIpc) is 3.18. The molecule has 4 rings (SSSR count). The molecule has 0 saturated carbocycles. The lowest BCUT2D eigenvalue weighted by Crippen LogP contribution is -2.47. The molecule has 3 aromatic rings. The van der Waals surface area contributed by atoms with Crippen LogP contribution in [0.15, 0.2) is 54.7 Å². The van der Waals surface area contributed by atoms with Gasteiger partial charge in [0.25, 0.3) is 11.8 Å². The van der Waals surface area contributed by atoms with Gasteiger partial charge in [-0.3, -0.25) is 14.3 Å². The first-order valence-corrected chi connectivity index (χ1v) is 9.57. The fraction of sp³-hybridized carbons (Fsp3) is 0.182. The van der Waals surface area contributed by atoms with Crippen LogP contribution < -0.4 is 10.2 Å². The molecule has 1 aromatic heterocycles. The van der Waals surface area contributed by atoms with Crippen LogP contribution in [0, 0.1) is 11.3 Å². The first-order chi connectivity index (χ1) is 15.2. The van der Waals surface area contributed by atoms with Crippen molar-refractivity contribution in [3.8, 4) is 6.07 Å². The molecular weight excluding hydrogens is 423 g/mol. The van der Waals surface area contributed by atoms with Gasteiger partial charge < -0.3 is 10.2 Å². The van der Waals surface area contributed by atoms with E-state index < -0.39 is 29.6 Å². The first kappa shape index (κ1) is 21.1. The quantitative estimate of drug-likeness (QED) is 0.666. The molecule has 2 amide bonds. The zero-order valence-corrected chi connectivity index (χ0v) is 16.7. The third-order valence-corrected chi connectivity index (χ3v) is 5.11. The highest BCUT2D eigenvalue weighted by molar-refractivity contribution is 6.15. The SMILES string of the molecule is C[C@H]1Cn2ncc(C(=O)Nc3cccc(C#N)c3)c2C(=O)N1c1ccc(C(F)(F)F)cc1. The van der Waals surface area contributed by atoms with Gasteiger partial charge in [-0.25, -0.2) is 0 Å².